The number of carbonyl (C=O) groups excluding carboxylic acids is 2. The van der Waals surface area contributed by atoms with Gasteiger partial charge in [0.2, 0.25) is 5.91 Å². The van der Waals surface area contributed by atoms with Gasteiger partial charge in [0.15, 0.2) is 11.2 Å². The van der Waals surface area contributed by atoms with E-state index in [1.165, 1.54) is 23.6 Å². The van der Waals surface area contributed by atoms with Gasteiger partial charge < -0.3 is 14.5 Å². The molecule has 0 fully saturated rings. The number of anilines is 1. The molecule has 0 bridgehead atoms. The molecule has 0 saturated heterocycles. The van der Waals surface area contributed by atoms with Crippen LogP contribution in [-0.2, 0) is 17.6 Å². The van der Waals surface area contributed by atoms with E-state index in [0.29, 0.717) is 39.3 Å². The zero-order chi connectivity index (χ0) is 25.1. The molecule has 182 valence electrons. The molecule has 6 heteroatoms. The number of ether oxygens (including phenoxy) is 1. The third kappa shape index (κ3) is 5.08. The fourth-order valence-electron chi connectivity index (χ4n) is 4.62. The van der Waals surface area contributed by atoms with Gasteiger partial charge in [-0.3, -0.25) is 14.4 Å². The van der Waals surface area contributed by atoms with Gasteiger partial charge in [-0.05, 0) is 85.3 Å². The van der Waals surface area contributed by atoms with Crippen LogP contribution in [0, 0.1) is 0 Å². The maximum atomic E-state index is 12.6. The number of nitrogens with one attached hydrogen (secondary N) is 1. The average Bonchev–Trinajstić information content (AvgIpc) is 2.91. The predicted molar refractivity (Wildman–Crippen MR) is 140 cm³/mol. The van der Waals surface area contributed by atoms with Crippen LogP contribution in [0.15, 0.2) is 75.9 Å². The normalized spacial score (nSPS) is 12.7. The number of hydrogen-bond donors (Lipinski definition) is 1. The van der Waals surface area contributed by atoms with Crippen LogP contribution in [0.25, 0.3) is 22.3 Å². The SMILES string of the molecule is COc1ccc2oc(-c3ccc(NC(=O)CCC(=O)c4ccc5c(c4)CCCC5)cc3)cc(=O)c2c1. The van der Waals surface area contributed by atoms with Gasteiger partial charge in [-0.25, -0.2) is 0 Å². The Morgan fingerprint density at radius 2 is 1.67 bits per heavy atom. The molecule has 3 aromatic carbocycles. The lowest BCUT2D eigenvalue weighted by molar-refractivity contribution is -0.116. The molecular formula is C30H27NO5. The second kappa shape index (κ2) is 10.2. The summed E-state index contributed by atoms with van der Waals surface area (Å²) in [5.74, 6) is 0.788. The average molecular weight is 482 g/mol. The van der Waals surface area contributed by atoms with E-state index in [1.54, 1.807) is 49.6 Å². The van der Waals surface area contributed by atoms with Crippen molar-refractivity contribution < 1.29 is 18.7 Å². The third-order valence-electron chi connectivity index (χ3n) is 6.64. The number of aryl methyl sites for hydroxylation is 2. The molecule has 1 aromatic heterocycles. The summed E-state index contributed by atoms with van der Waals surface area (Å²) in [6.45, 7) is 0. The van der Waals surface area contributed by atoms with E-state index in [2.05, 4.69) is 11.4 Å². The van der Waals surface area contributed by atoms with Crippen molar-refractivity contribution in [1.29, 1.82) is 0 Å². The first kappa shape index (κ1) is 23.5. The zero-order valence-electron chi connectivity index (χ0n) is 20.1. The molecule has 1 amide bonds. The van der Waals surface area contributed by atoms with Crippen molar-refractivity contribution >= 4 is 28.3 Å². The van der Waals surface area contributed by atoms with Crippen LogP contribution in [0.3, 0.4) is 0 Å². The molecular weight excluding hydrogens is 454 g/mol. The summed E-state index contributed by atoms with van der Waals surface area (Å²) in [5, 5.41) is 3.28. The lowest BCUT2D eigenvalue weighted by Gasteiger charge is -2.16. The molecule has 1 aliphatic rings. The zero-order valence-corrected chi connectivity index (χ0v) is 20.1. The monoisotopic (exact) mass is 481 g/mol. The Hall–Kier alpha value is -4.19. The molecule has 0 atom stereocenters. The molecule has 0 spiro atoms. The number of ketones is 1. The molecule has 36 heavy (non-hydrogen) atoms. The van der Waals surface area contributed by atoms with Gasteiger partial charge in [0, 0.05) is 35.7 Å². The molecule has 5 rings (SSSR count). The second-order valence-electron chi connectivity index (χ2n) is 9.08. The van der Waals surface area contributed by atoms with Gasteiger partial charge in [0.05, 0.1) is 12.5 Å². The van der Waals surface area contributed by atoms with E-state index in [9.17, 15) is 14.4 Å². The van der Waals surface area contributed by atoms with Crippen molar-refractivity contribution in [2.24, 2.45) is 0 Å². The maximum Gasteiger partial charge on any atom is 0.224 e. The van der Waals surface area contributed by atoms with Crippen molar-refractivity contribution in [3.8, 4) is 17.1 Å². The Bertz CT molecular complexity index is 1500. The first-order chi connectivity index (χ1) is 17.5. The highest BCUT2D eigenvalue weighted by atomic mass is 16.5. The number of hydrogen-bond acceptors (Lipinski definition) is 5. The predicted octanol–water partition coefficient (Wildman–Crippen LogP) is 5.95. The number of Topliss-reactive ketones (excluding diaryl/α,β-unsaturated/α-hetero) is 1. The first-order valence-electron chi connectivity index (χ1n) is 12.2. The number of methoxy groups -OCH3 is 1. The molecule has 0 saturated carbocycles. The van der Waals surface area contributed by atoms with Gasteiger partial charge in [0.25, 0.3) is 0 Å². The van der Waals surface area contributed by atoms with Crippen LogP contribution in [0.1, 0.15) is 47.2 Å². The molecule has 1 N–H and O–H groups in total. The second-order valence-corrected chi connectivity index (χ2v) is 9.08. The van der Waals surface area contributed by atoms with Crippen LogP contribution < -0.4 is 15.5 Å². The number of rotatable bonds is 7. The van der Waals surface area contributed by atoms with Crippen molar-refractivity contribution in [2.75, 3.05) is 12.4 Å². The van der Waals surface area contributed by atoms with Crippen molar-refractivity contribution in [2.45, 2.75) is 38.5 Å². The summed E-state index contributed by atoms with van der Waals surface area (Å²) in [4.78, 5) is 37.6. The first-order valence-corrected chi connectivity index (χ1v) is 12.2. The minimum Gasteiger partial charge on any atom is -0.497 e. The summed E-state index contributed by atoms with van der Waals surface area (Å²) < 4.78 is 11.1. The van der Waals surface area contributed by atoms with E-state index in [1.807, 2.05) is 12.1 Å². The minimum absolute atomic E-state index is 0.0159. The number of benzene rings is 3. The van der Waals surface area contributed by atoms with Gasteiger partial charge >= 0.3 is 0 Å². The van der Waals surface area contributed by atoms with E-state index in [-0.39, 0.29) is 30.0 Å². The lowest BCUT2D eigenvalue weighted by atomic mass is 9.89. The summed E-state index contributed by atoms with van der Waals surface area (Å²) in [5.41, 5.74) is 4.91. The standard InChI is InChI=1S/C30H27NO5/c1-35-24-12-14-28-25(17-24)27(33)18-29(36-28)20-8-10-23(11-9-20)31-30(34)15-13-26(32)22-7-6-19-4-2-3-5-21(19)16-22/h6-12,14,16-18H,2-5,13,15H2,1H3,(H,31,34). The van der Waals surface area contributed by atoms with E-state index in [0.717, 1.165) is 19.3 Å². The molecule has 1 heterocycles. The van der Waals surface area contributed by atoms with E-state index in [4.69, 9.17) is 9.15 Å². The largest absolute Gasteiger partial charge is 0.497 e. The van der Waals surface area contributed by atoms with Crippen LogP contribution in [-0.4, -0.2) is 18.8 Å². The molecule has 0 unspecified atom stereocenters. The van der Waals surface area contributed by atoms with Crippen LogP contribution in [0.2, 0.25) is 0 Å². The van der Waals surface area contributed by atoms with Gasteiger partial charge in [0.1, 0.15) is 17.1 Å². The van der Waals surface area contributed by atoms with Crippen molar-refractivity contribution in [1.82, 2.24) is 0 Å². The number of amides is 1. The topological polar surface area (TPSA) is 85.6 Å². The smallest absolute Gasteiger partial charge is 0.224 e. The molecule has 4 aromatic rings. The summed E-state index contributed by atoms with van der Waals surface area (Å²) in [7, 11) is 1.55. The molecule has 1 aliphatic carbocycles. The van der Waals surface area contributed by atoms with Gasteiger partial charge in [-0.2, -0.15) is 0 Å². The van der Waals surface area contributed by atoms with Crippen LogP contribution in [0.5, 0.6) is 5.75 Å². The Kier molecular flexibility index (Phi) is 6.67. The van der Waals surface area contributed by atoms with Gasteiger partial charge in [-0.1, -0.05) is 12.1 Å². The maximum absolute atomic E-state index is 12.6. The van der Waals surface area contributed by atoms with Crippen LogP contribution in [0.4, 0.5) is 5.69 Å². The summed E-state index contributed by atoms with van der Waals surface area (Å²) in [6.07, 6.45) is 4.73. The van der Waals surface area contributed by atoms with E-state index >= 15 is 0 Å². The Morgan fingerprint density at radius 1 is 0.889 bits per heavy atom. The van der Waals surface area contributed by atoms with Crippen LogP contribution >= 0.6 is 0 Å². The Balaban J connectivity index is 1.21. The van der Waals surface area contributed by atoms with Crippen molar-refractivity contribution in [3.63, 3.8) is 0 Å². The fourth-order valence-corrected chi connectivity index (χ4v) is 4.62. The minimum atomic E-state index is -0.222. The molecule has 0 aliphatic heterocycles. The highest BCUT2D eigenvalue weighted by molar-refractivity contribution is 6.00. The van der Waals surface area contributed by atoms with Crippen molar-refractivity contribution in [3.05, 3.63) is 93.6 Å². The highest BCUT2D eigenvalue weighted by Crippen LogP contribution is 2.26. The quantitative estimate of drug-likeness (QED) is 0.330. The summed E-state index contributed by atoms with van der Waals surface area (Å²) in [6, 6.07) is 19.5. The Labute approximate surface area is 208 Å². The molecule has 6 nitrogen and oxygen atoms in total. The number of carbonyl (C=O) groups is 2. The third-order valence-corrected chi connectivity index (χ3v) is 6.64. The van der Waals surface area contributed by atoms with Gasteiger partial charge in [-0.15, -0.1) is 0 Å². The fraction of sp³-hybridized carbons (Fsp3) is 0.233. The Morgan fingerprint density at radius 3 is 2.44 bits per heavy atom. The number of fused-ring (bicyclic) bond motifs is 2. The highest BCUT2D eigenvalue weighted by Gasteiger charge is 2.15. The lowest BCUT2D eigenvalue weighted by Crippen LogP contribution is -2.14. The molecule has 0 radical (unpaired) electrons. The van der Waals surface area contributed by atoms with E-state index < -0.39 is 0 Å². The summed E-state index contributed by atoms with van der Waals surface area (Å²) >= 11 is 0.